The number of thiophene rings is 1. The highest BCUT2D eigenvalue weighted by Crippen LogP contribution is 2.35. The van der Waals surface area contributed by atoms with E-state index >= 15 is 0 Å². The summed E-state index contributed by atoms with van der Waals surface area (Å²) in [6.07, 6.45) is 4.09. The second kappa shape index (κ2) is 6.17. The summed E-state index contributed by atoms with van der Waals surface area (Å²) in [7, 11) is 0. The Morgan fingerprint density at radius 3 is 2.75 bits per heavy atom. The van der Waals surface area contributed by atoms with Crippen molar-refractivity contribution < 1.29 is 0 Å². The molecule has 20 heavy (non-hydrogen) atoms. The largest absolute Gasteiger partial charge is 0.311 e. The average molecular weight is 292 g/mol. The van der Waals surface area contributed by atoms with Gasteiger partial charge in [-0.25, -0.2) is 0 Å². The van der Waals surface area contributed by atoms with Gasteiger partial charge >= 0.3 is 0 Å². The summed E-state index contributed by atoms with van der Waals surface area (Å²) in [5, 5.41) is 6.02. The first-order valence-corrected chi connectivity index (χ1v) is 9.04. The fourth-order valence-electron chi connectivity index (χ4n) is 3.59. The van der Waals surface area contributed by atoms with Crippen molar-refractivity contribution in [2.45, 2.75) is 58.2 Å². The fraction of sp³-hybridized carbons (Fsp3) is 0.765. The normalized spacial score (nSPS) is 29.8. The van der Waals surface area contributed by atoms with Gasteiger partial charge in [0.15, 0.2) is 0 Å². The minimum Gasteiger partial charge on any atom is -0.311 e. The van der Waals surface area contributed by atoms with Crippen molar-refractivity contribution in [2.24, 2.45) is 11.8 Å². The maximum atomic E-state index is 3.82. The van der Waals surface area contributed by atoms with Crippen molar-refractivity contribution in [1.82, 2.24) is 10.2 Å². The molecule has 2 aliphatic rings. The third-order valence-corrected chi connectivity index (χ3v) is 5.92. The molecule has 1 N–H and O–H groups in total. The summed E-state index contributed by atoms with van der Waals surface area (Å²) in [5.41, 5.74) is 0. The highest BCUT2D eigenvalue weighted by Gasteiger charge is 2.39. The zero-order valence-electron chi connectivity index (χ0n) is 13.0. The first-order chi connectivity index (χ1) is 9.65. The minimum atomic E-state index is 0.657. The minimum absolute atomic E-state index is 0.657. The van der Waals surface area contributed by atoms with Gasteiger partial charge in [-0.2, -0.15) is 0 Å². The third kappa shape index (κ3) is 3.26. The summed E-state index contributed by atoms with van der Waals surface area (Å²) in [6.45, 7) is 9.58. The Labute approximate surface area is 127 Å². The molecule has 0 spiro atoms. The van der Waals surface area contributed by atoms with Gasteiger partial charge in [0.25, 0.3) is 0 Å². The van der Waals surface area contributed by atoms with Gasteiger partial charge in [-0.1, -0.05) is 19.9 Å². The van der Waals surface area contributed by atoms with Crippen LogP contribution >= 0.6 is 11.3 Å². The van der Waals surface area contributed by atoms with Crippen LogP contribution in [0.15, 0.2) is 17.5 Å². The lowest BCUT2D eigenvalue weighted by Crippen LogP contribution is -2.61. The Balaban J connectivity index is 1.67. The van der Waals surface area contributed by atoms with Crippen LogP contribution in [0.25, 0.3) is 0 Å². The Hall–Kier alpha value is -0.380. The van der Waals surface area contributed by atoms with E-state index in [1.54, 1.807) is 0 Å². The Bertz CT molecular complexity index is 411. The highest BCUT2D eigenvalue weighted by atomic mass is 32.1. The molecule has 3 heteroatoms. The Morgan fingerprint density at radius 2 is 2.15 bits per heavy atom. The fourth-order valence-corrected chi connectivity index (χ4v) is 4.42. The summed E-state index contributed by atoms with van der Waals surface area (Å²) in [6, 6.07) is 6.56. The first-order valence-electron chi connectivity index (χ1n) is 8.16. The summed E-state index contributed by atoms with van der Waals surface area (Å²) in [5.74, 6) is 1.69. The van der Waals surface area contributed by atoms with Gasteiger partial charge in [-0.15, -0.1) is 11.3 Å². The number of hydrogen-bond donors (Lipinski definition) is 1. The zero-order valence-corrected chi connectivity index (χ0v) is 13.8. The smallest absolute Gasteiger partial charge is 0.0247 e. The molecule has 2 nitrogen and oxygen atoms in total. The van der Waals surface area contributed by atoms with Crippen molar-refractivity contribution >= 4 is 11.3 Å². The van der Waals surface area contributed by atoms with Gasteiger partial charge in [0, 0.05) is 36.1 Å². The van der Waals surface area contributed by atoms with Crippen LogP contribution < -0.4 is 5.32 Å². The Kier molecular flexibility index (Phi) is 4.49. The van der Waals surface area contributed by atoms with E-state index in [4.69, 9.17) is 0 Å². The molecule has 0 radical (unpaired) electrons. The van der Waals surface area contributed by atoms with Gasteiger partial charge in [-0.3, -0.25) is 4.90 Å². The van der Waals surface area contributed by atoms with Crippen LogP contribution in [0.3, 0.4) is 0 Å². The van der Waals surface area contributed by atoms with Gasteiger partial charge in [0.2, 0.25) is 0 Å². The number of rotatable bonds is 5. The summed E-state index contributed by atoms with van der Waals surface area (Å²) >= 11 is 1.90. The van der Waals surface area contributed by atoms with E-state index in [0.717, 1.165) is 17.9 Å². The molecule has 3 rings (SSSR count). The molecule has 0 aromatic carbocycles. The zero-order chi connectivity index (χ0) is 14.1. The quantitative estimate of drug-likeness (QED) is 0.895. The van der Waals surface area contributed by atoms with Crippen LogP contribution in [0.4, 0.5) is 0 Å². The van der Waals surface area contributed by atoms with Crippen molar-refractivity contribution in [1.29, 1.82) is 0 Å². The molecule has 1 saturated carbocycles. The van der Waals surface area contributed by atoms with E-state index in [9.17, 15) is 0 Å². The van der Waals surface area contributed by atoms with Crippen molar-refractivity contribution in [3.63, 3.8) is 0 Å². The third-order valence-electron chi connectivity index (χ3n) is 5.03. The van der Waals surface area contributed by atoms with E-state index in [1.165, 1.54) is 37.2 Å². The van der Waals surface area contributed by atoms with Crippen LogP contribution in [-0.2, 0) is 6.42 Å². The molecule has 3 unspecified atom stereocenters. The molecular formula is C17H28N2S. The number of hydrogen-bond acceptors (Lipinski definition) is 3. The van der Waals surface area contributed by atoms with Gasteiger partial charge in [0.05, 0.1) is 0 Å². The predicted molar refractivity (Wildman–Crippen MR) is 87.3 cm³/mol. The van der Waals surface area contributed by atoms with Crippen molar-refractivity contribution in [2.75, 3.05) is 13.1 Å². The van der Waals surface area contributed by atoms with Crippen LogP contribution in [0, 0.1) is 11.8 Å². The number of nitrogens with one attached hydrogen (secondary N) is 1. The average Bonchev–Trinajstić information content (AvgIpc) is 3.17. The maximum Gasteiger partial charge on any atom is 0.0247 e. The Morgan fingerprint density at radius 1 is 1.35 bits per heavy atom. The van der Waals surface area contributed by atoms with E-state index in [1.807, 2.05) is 11.3 Å². The molecule has 1 aliphatic carbocycles. The van der Waals surface area contributed by atoms with E-state index < -0.39 is 0 Å². The lowest BCUT2D eigenvalue weighted by Gasteiger charge is -2.45. The van der Waals surface area contributed by atoms with Gasteiger partial charge < -0.3 is 5.32 Å². The van der Waals surface area contributed by atoms with E-state index in [2.05, 4.69) is 48.5 Å². The topological polar surface area (TPSA) is 15.3 Å². The molecule has 1 aromatic rings. The highest BCUT2D eigenvalue weighted by molar-refractivity contribution is 7.09. The molecule has 0 amide bonds. The molecule has 3 atom stereocenters. The molecule has 1 saturated heterocycles. The standard InChI is InChI=1S/C17H28N2S/c1-12(2)17-10-18-16(14-6-7-14)11-19(17)13(3)9-15-5-4-8-20-15/h4-5,8,12-14,16-18H,6-7,9-11H2,1-3H3. The lowest BCUT2D eigenvalue weighted by molar-refractivity contribution is 0.0577. The summed E-state index contributed by atoms with van der Waals surface area (Å²) < 4.78 is 0. The van der Waals surface area contributed by atoms with Crippen LogP contribution in [-0.4, -0.2) is 36.1 Å². The van der Waals surface area contributed by atoms with Gasteiger partial charge in [0.1, 0.15) is 0 Å². The summed E-state index contributed by atoms with van der Waals surface area (Å²) in [4.78, 5) is 4.32. The molecule has 0 bridgehead atoms. The van der Waals surface area contributed by atoms with Crippen LogP contribution in [0.1, 0.15) is 38.5 Å². The predicted octanol–water partition coefficient (Wildman–Crippen LogP) is 3.39. The molecular weight excluding hydrogens is 264 g/mol. The number of piperazine rings is 1. The molecule has 2 heterocycles. The molecule has 112 valence electrons. The maximum absolute atomic E-state index is 3.82. The molecule has 1 aromatic heterocycles. The monoisotopic (exact) mass is 292 g/mol. The van der Waals surface area contributed by atoms with Crippen molar-refractivity contribution in [3.05, 3.63) is 22.4 Å². The number of nitrogens with zero attached hydrogens (tertiary/aromatic N) is 1. The van der Waals surface area contributed by atoms with Crippen molar-refractivity contribution in [3.8, 4) is 0 Å². The second-order valence-corrected chi connectivity index (χ2v) is 8.03. The van der Waals surface area contributed by atoms with E-state index in [-0.39, 0.29) is 0 Å². The van der Waals surface area contributed by atoms with Crippen LogP contribution in [0.2, 0.25) is 0 Å². The first kappa shape index (κ1) is 14.6. The molecule has 1 aliphatic heterocycles. The van der Waals surface area contributed by atoms with E-state index in [0.29, 0.717) is 12.1 Å². The van der Waals surface area contributed by atoms with Crippen LogP contribution in [0.5, 0.6) is 0 Å². The second-order valence-electron chi connectivity index (χ2n) is 6.99. The lowest BCUT2D eigenvalue weighted by atomic mass is 9.94. The SMILES string of the molecule is CC(C)C1CNC(C2CC2)CN1C(C)Cc1cccs1. The molecule has 2 fully saturated rings. The van der Waals surface area contributed by atoms with Gasteiger partial charge in [-0.05, 0) is 49.5 Å².